The Morgan fingerprint density at radius 1 is 0.967 bits per heavy atom. The van der Waals surface area contributed by atoms with Crippen LogP contribution in [0.1, 0.15) is 10.4 Å². The van der Waals surface area contributed by atoms with Crippen LogP contribution >= 0.6 is 0 Å². The third-order valence-electron chi connectivity index (χ3n) is 4.69. The first-order valence-corrected chi connectivity index (χ1v) is 8.97. The van der Waals surface area contributed by atoms with E-state index >= 15 is 0 Å². The van der Waals surface area contributed by atoms with Gasteiger partial charge in [-0.15, -0.1) is 0 Å². The average molecular weight is 409 g/mol. The van der Waals surface area contributed by atoms with Gasteiger partial charge in [-0.3, -0.25) is 9.89 Å². The van der Waals surface area contributed by atoms with Gasteiger partial charge in [0.1, 0.15) is 11.5 Å². The molecule has 0 saturated heterocycles. The Balaban J connectivity index is 1.66. The Labute approximate surface area is 170 Å². The van der Waals surface area contributed by atoms with Crippen molar-refractivity contribution in [3.63, 3.8) is 0 Å². The molecule has 0 fully saturated rings. The fourth-order valence-electron chi connectivity index (χ4n) is 3.14. The van der Waals surface area contributed by atoms with Crippen LogP contribution in [-0.2, 0) is 0 Å². The molecule has 3 aromatic carbocycles. The number of carbonyl (C=O) groups excluding carboxylic acids is 1. The van der Waals surface area contributed by atoms with Gasteiger partial charge in [-0.2, -0.15) is 5.10 Å². The topological polar surface area (TPSA) is 76.2 Å². The van der Waals surface area contributed by atoms with E-state index in [2.05, 4.69) is 15.5 Å². The summed E-state index contributed by atoms with van der Waals surface area (Å²) in [5.41, 5.74) is 2.36. The fraction of sp³-hybridized carbons (Fsp3) is 0.0909. The van der Waals surface area contributed by atoms with Gasteiger partial charge in [0.05, 0.1) is 19.7 Å². The SMILES string of the molecule is COc1ccc(OC)c(-c2ccc3c(NC(=O)c4ccc(F)c(F)c4)n[nH]c3c2)c1. The Bertz CT molecular complexity index is 1250. The Hall–Kier alpha value is -3.94. The van der Waals surface area contributed by atoms with Crippen LogP contribution in [0.5, 0.6) is 11.5 Å². The second-order valence-corrected chi connectivity index (χ2v) is 6.48. The molecule has 0 bridgehead atoms. The van der Waals surface area contributed by atoms with E-state index in [-0.39, 0.29) is 11.4 Å². The second kappa shape index (κ2) is 7.82. The molecule has 1 heterocycles. The zero-order valence-electron chi connectivity index (χ0n) is 16.1. The molecule has 0 aliphatic heterocycles. The summed E-state index contributed by atoms with van der Waals surface area (Å²) in [4.78, 5) is 12.4. The smallest absolute Gasteiger partial charge is 0.256 e. The minimum Gasteiger partial charge on any atom is -0.497 e. The molecule has 0 spiro atoms. The highest BCUT2D eigenvalue weighted by atomic mass is 19.2. The first kappa shape index (κ1) is 19.4. The quantitative estimate of drug-likeness (QED) is 0.498. The number of halogens is 2. The second-order valence-electron chi connectivity index (χ2n) is 6.48. The van der Waals surface area contributed by atoms with Gasteiger partial charge in [-0.05, 0) is 54.1 Å². The molecule has 0 saturated carbocycles. The van der Waals surface area contributed by atoms with Gasteiger partial charge in [-0.1, -0.05) is 6.07 Å². The van der Waals surface area contributed by atoms with E-state index < -0.39 is 17.5 Å². The zero-order valence-corrected chi connectivity index (χ0v) is 16.1. The van der Waals surface area contributed by atoms with Crippen molar-refractivity contribution in [2.45, 2.75) is 0 Å². The van der Waals surface area contributed by atoms with Gasteiger partial charge in [-0.25, -0.2) is 8.78 Å². The van der Waals surface area contributed by atoms with Crippen LogP contribution in [0.15, 0.2) is 54.6 Å². The third kappa shape index (κ3) is 3.55. The van der Waals surface area contributed by atoms with Gasteiger partial charge < -0.3 is 14.8 Å². The Kier molecular flexibility index (Phi) is 5.05. The summed E-state index contributed by atoms with van der Waals surface area (Å²) < 4.78 is 37.2. The van der Waals surface area contributed by atoms with E-state index in [1.165, 1.54) is 6.07 Å². The number of aromatic nitrogens is 2. The standard InChI is InChI=1S/C22H17F2N3O3/c1-29-14-5-8-20(30-2)16(11-14)12-3-6-15-19(10-12)26-27-21(15)25-22(28)13-4-7-17(23)18(24)9-13/h3-11H,1-2H3,(H2,25,26,27,28). The van der Waals surface area contributed by atoms with Gasteiger partial charge in [0.2, 0.25) is 0 Å². The van der Waals surface area contributed by atoms with Gasteiger partial charge >= 0.3 is 0 Å². The van der Waals surface area contributed by atoms with Crippen molar-refractivity contribution in [2.24, 2.45) is 0 Å². The Morgan fingerprint density at radius 3 is 2.53 bits per heavy atom. The van der Waals surface area contributed by atoms with E-state index in [4.69, 9.17) is 9.47 Å². The monoisotopic (exact) mass is 409 g/mol. The summed E-state index contributed by atoms with van der Waals surface area (Å²) in [6.07, 6.45) is 0. The van der Waals surface area contributed by atoms with Crippen molar-refractivity contribution in [1.29, 1.82) is 0 Å². The maximum absolute atomic E-state index is 13.4. The molecule has 1 aromatic heterocycles. The number of hydrogen-bond donors (Lipinski definition) is 2. The molecule has 4 aromatic rings. The Morgan fingerprint density at radius 2 is 1.80 bits per heavy atom. The summed E-state index contributed by atoms with van der Waals surface area (Å²) in [5.74, 6) is -1.05. The largest absolute Gasteiger partial charge is 0.497 e. The van der Waals surface area contributed by atoms with Crippen LogP contribution in [0.4, 0.5) is 14.6 Å². The normalized spacial score (nSPS) is 10.8. The zero-order chi connectivity index (χ0) is 21.3. The van der Waals surface area contributed by atoms with E-state index in [0.29, 0.717) is 22.4 Å². The van der Waals surface area contributed by atoms with Gasteiger partial charge in [0, 0.05) is 16.5 Å². The molecular formula is C22H17F2N3O3. The van der Waals surface area contributed by atoms with Crippen molar-refractivity contribution < 1.29 is 23.0 Å². The van der Waals surface area contributed by atoms with Gasteiger partial charge in [0.15, 0.2) is 17.5 Å². The lowest BCUT2D eigenvalue weighted by atomic mass is 10.0. The predicted octanol–water partition coefficient (Wildman–Crippen LogP) is 4.78. The number of ether oxygens (including phenoxy) is 2. The highest BCUT2D eigenvalue weighted by Crippen LogP contribution is 2.35. The van der Waals surface area contributed by atoms with E-state index in [9.17, 15) is 13.6 Å². The number of fused-ring (bicyclic) bond motifs is 1. The highest BCUT2D eigenvalue weighted by molar-refractivity contribution is 6.08. The molecule has 4 rings (SSSR count). The number of methoxy groups -OCH3 is 2. The minimum atomic E-state index is -1.09. The lowest BCUT2D eigenvalue weighted by Gasteiger charge is -2.11. The van der Waals surface area contributed by atoms with Gasteiger partial charge in [0.25, 0.3) is 5.91 Å². The number of nitrogens with one attached hydrogen (secondary N) is 2. The molecule has 6 nitrogen and oxygen atoms in total. The van der Waals surface area contributed by atoms with Crippen LogP contribution in [0.25, 0.3) is 22.0 Å². The minimum absolute atomic E-state index is 0.0113. The molecule has 152 valence electrons. The summed E-state index contributed by atoms with van der Waals surface area (Å²) in [6, 6.07) is 14.0. The number of hydrogen-bond acceptors (Lipinski definition) is 4. The molecule has 0 aliphatic rings. The molecule has 0 radical (unpaired) electrons. The third-order valence-corrected chi connectivity index (χ3v) is 4.69. The summed E-state index contributed by atoms with van der Waals surface area (Å²) in [6.45, 7) is 0. The maximum atomic E-state index is 13.4. The lowest BCUT2D eigenvalue weighted by molar-refractivity contribution is 0.102. The fourth-order valence-corrected chi connectivity index (χ4v) is 3.14. The number of H-pyrrole nitrogens is 1. The molecule has 1 amide bonds. The molecule has 0 unspecified atom stereocenters. The van der Waals surface area contributed by atoms with Crippen molar-refractivity contribution in [3.8, 4) is 22.6 Å². The van der Waals surface area contributed by atoms with E-state index in [1.54, 1.807) is 20.3 Å². The van der Waals surface area contributed by atoms with Crippen molar-refractivity contribution >= 4 is 22.6 Å². The summed E-state index contributed by atoms with van der Waals surface area (Å²) in [5, 5.41) is 10.3. The maximum Gasteiger partial charge on any atom is 0.256 e. The average Bonchev–Trinajstić information content (AvgIpc) is 3.17. The number of carbonyl (C=O) groups is 1. The first-order valence-electron chi connectivity index (χ1n) is 8.97. The molecular weight excluding hydrogens is 392 g/mol. The number of amides is 1. The summed E-state index contributed by atoms with van der Waals surface area (Å²) >= 11 is 0. The van der Waals surface area contributed by atoms with Crippen molar-refractivity contribution in [3.05, 3.63) is 71.8 Å². The number of nitrogens with zero attached hydrogens (tertiary/aromatic N) is 1. The van der Waals surface area contributed by atoms with Crippen LogP contribution in [0.2, 0.25) is 0 Å². The molecule has 8 heteroatoms. The van der Waals surface area contributed by atoms with Crippen LogP contribution in [-0.4, -0.2) is 30.3 Å². The number of rotatable bonds is 5. The lowest BCUT2D eigenvalue weighted by Crippen LogP contribution is -2.13. The summed E-state index contributed by atoms with van der Waals surface area (Å²) in [7, 11) is 3.18. The van der Waals surface area contributed by atoms with E-state index in [1.807, 2.05) is 30.3 Å². The van der Waals surface area contributed by atoms with Crippen molar-refractivity contribution in [2.75, 3.05) is 19.5 Å². The first-order chi connectivity index (χ1) is 14.5. The molecule has 0 aliphatic carbocycles. The van der Waals surface area contributed by atoms with Crippen molar-refractivity contribution in [1.82, 2.24) is 10.2 Å². The number of aromatic amines is 1. The highest BCUT2D eigenvalue weighted by Gasteiger charge is 2.15. The predicted molar refractivity (Wildman–Crippen MR) is 109 cm³/mol. The number of anilines is 1. The molecule has 30 heavy (non-hydrogen) atoms. The van der Waals surface area contributed by atoms with Crippen LogP contribution in [0.3, 0.4) is 0 Å². The molecule has 0 atom stereocenters. The van der Waals surface area contributed by atoms with Crippen LogP contribution in [0, 0.1) is 11.6 Å². The molecule has 2 N–H and O–H groups in total. The van der Waals surface area contributed by atoms with E-state index in [0.717, 1.165) is 23.3 Å². The number of benzene rings is 3. The van der Waals surface area contributed by atoms with Crippen LogP contribution < -0.4 is 14.8 Å².